The maximum Gasteiger partial charge on any atom is -0.0313 e. The summed E-state index contributed by atoms with van der Waals surface area (Å²) in [4.78, 5) is 0. The number of allylic oxidation sites excluding steroid dienone is 4. The third kappa shape index (κ3) is 5.61. The largest absolute Gasteiger partial charge is 0.0917 e. The fourth-order valence-electron chi connectivity index (χ4n) is 0.737. The predicted octanol–water partition coefficient (Wildman–Crippen LogP) is 3.70. The lowest BCUT2D eigenvalue weighted by Gasteiger charge is -1.92. The minimum Gasteiger partial charge on any atom is -0.0917 e. The molecule has 0 heteroatoms. The quantitative estimate of drug-likeness (QED) is 0.410. The Morgan fingerprint density at radius 1 is 1.30 bits per heavy atom. The molecule has 0 unspecified atom stereocenters. The topological polar surface area (TPSA) is 0 Å². The number of unbranched alkanes of at least 4 members (excludes halogenated alkanes) is 1. The van der Waals surface area contributed by atoms with E-state index < -0.39 is 0 Å². The van der Waals surface area contributed by atoms with Crippen LogP contribution >= 0.6 is 0 Å². The summed E-state index contributed by atoms with van der Waals surface area (Å²) in [5.41, 5.74) is 1.50. The highest BCUT2D eigenvalue weighted by Crippen LogP contribution is 2.02. The summed E-state index contributed by atoms with van der Waals surface area (Å²) >= 11 is 0. The van der Waals surface area contributed by atoms with E-state index in [0.29, 0.717) is 0 Å². The molecule has 0 heterocycles. The molecule has 0 aromatic heterocycles. The van der Waals surface area contributed by atoms with Gasteiger partial charge in [0.25, 0.3) is 0 Å². The zero-order valence-electron chi connectivity index (χ0n) is 7.35. The van der Waals surface area contributed by atoms with Crippen LogP contribution in [0.2, 0.25) is 0 Å². The molecule has 0 aliphatic heterocycles. The maximum atomic E-state index is 2.32. The highest BCUT2D eigenvalue weighted by Gasteiger charge is 1.81. The number of hydrogen-bond donors (Lipinski definition) is 0. The Balaban J connectivity index is 3.33. The van der Waals surface area contributed by atoms with Crippen LogP contribution in [0.25, 0.3) is 0 Å². The van der Waals surface area contributed by atoms with Crippen molar-refractivity contribution in [3.63, 3.8) is 0 Å². The van der Waals surface area contributed by atoms with Crippen molar-refractivity contribution < 1.29 is 0 Å². The van der Waals surface area contributed by atoms with Gasteiger partial charge in [0.1, 0.15) is 0 Å². The second-order valence-electron chi connectivity index (χ2n) is 2.55. The maximum absolute atomic E-state index is 2.32. The zero-order valence-corrected chi connectivity index (χ0v) is 7.35. The first-order valence-electron chi connectivity index (χ1n) is 4.08. The number of hydrogen-bond acceptors (Lipinski definition) is 0. The Labute approximate surface area is 64.6 Å². The van der Waals surface area contributed by atoms with Gasteiger partial charge in [-0.15, -0.1) is 0 Å². The molecule has 0 N–H and O–H groups in total. The highest BCUT2D eigenvalue weighted by atomic mass is 13.9. The summed E-state index contributed by atoms with van der Waals surface area (Å²) in [5, 5.41) is 0. The Kier molecular flexibility index (Phi) is 6.25. The molecule has 0 aliphatic carbocycles. The van der Waals surface area contributed by atoms with Crippen LogP contribution < -0.4 is 0 Å². The van der Waals surface area contributed by atoms with Crippen molar-refractivity contribution in [2.45, 2.75) is 40.0 Å². The molecular formula is C10H18. The molecule has 0 aromatic rings. The van der Waals surface area contributed by atoms with Gasteiger partial charge in [-0.2, -0.15) is 0 Å². The normalized spacial score (nSPS) is 12.9. The Hall–Kier alpha value is -0.520. The smallest absolute Gasteiger partial charge is 0.0313 e. The molecule has 0 radical (unpaired) electrons. The first-order chi connectivity index (χ1) is 4.81. The van der Waals surface area contributed by atoms with Crippen LogP contribution in [0.4, 0.5) is 0 Å². The molecule has 0 saturated carbocycles. The molecule has 0 saturated heterocycles. The third-order valence-corrected chi connectivity index (χ3v) is 1.62. The van der Waals surface area contributed by atoms with Crippen LogP contribution in [0.1, 0.15) is 40.0 Å². The Morgan fingerprint density at radius 2 is 2.00 bits per heavy atom. The Bertz CT molecular complexity index is 118. The van der Waals surface area contributed by atoms with Crippen molar-refractivity contribution in [3.8, 4) is 0 Å². The van der Waals surface area contributed by atoms with Crippen LogP contribution in [0.15, 0.2) is 23.8 Å². The predicted molar refractivity (Wildman–Crippen MR) is 48.1 cm³/mol. The van der Waals surface area contributed by atoms with Gasteiger partial charge in [-0.3, -0.25) is 0 Å². The minimum atomic E-state index is 1.19. The van der Waals surface area contributed by atoms with Crippen molar-refractivity contribution in [1.82, 2.24) is 0 Å². The van der Waals surface area contributed by atoms with E-state index in [2.05, 4.69) is 39.0 Å². The standard InChI is InChI=1S/C10H18/c1-4-6-7-8-9-10(3)5-2/h4,6,9H,5,7-8H2,1-3H3/b6-4+,10-9+. The molecule has 0 aliphatic rings. The molecule has 0 bridgehead atoms. The van der Waals surface area contributed by atoms with Gasteiger partial charge in [0.05, 0.1) is 0 Å². The van der Waals surface area contributed by atoms with E-state index in [1.54, 1.807) is 0 Å². The van der Waals surface area contributed by atoms with Crippen molar-refractivity contribution in [2.24, 2.45) is 0 Å². The van der Waals surface area contributed by atoms with Gasteiger partial charge in [-0.05, 0) is 33.1 Å². The average Bonchev–Trinajstić information content (AvgIpc) is 1.98. The van der Waals surface area contributed by atoms with Crippen LogP contribution in [-0.2, 0) is 0 Å². The van der Waals surface area contributed by atoms with Gasteiger partial charge in [-0.1, -0.05) is 30.7 Å². The van der Waals surface area contributed by atoms with Gasteiger partial charge >= 0.3 is 0 Å². The number of rotatable bonds is 4. The molecule has 0 spiro atoms. The summed E-state index contributed by atoms with van der Waals surface area (Å²) in [6.07, 6.45) is 10.2. The van der Waals surface area contributed by atoms with Gasteiger partial charge in [0.15, 0.2) is 0 Å². The summed E-state index contributed by atoms with van der Waals surface area (Å²) in [7, 11) is 0. The Morgan fingerprint density at radius 3 is 2.50 bits per heavy atom. The molecule has 0 aromatic carbocycles. The van der Waals surface area contributed by atoms with Crippen LogP contribution in [-0.4, -0.2) is 0 Å². The average molecular weight is 138 g/mol. The molecule has 0 amide bonds. The summed E-state index contributed by atoms with van der Waals surface area (Å²) in [6, 6.07) is 0. The minimum absolute atomic E-state index is 1.19. The second kappa shape index (κ2) is 6.60. The monoisotopic (exact) mass is 138 g/mol. The van der Waals surface area contributed by atoms with E-state index >= 15 is 0 Å². The summed E-state index contributed by atoms with van der Waals surface area (Å²) in [5.74, 6) is 0. The van der Waals surface area contributed by atoms with Crippen molar-refractivity contribution in [3.05, 3.63) is 23.8 Å². The molecule has 0 atom stereocenters. The lowest BCUT2D eigenvalue weighted by molar-refractivity contribution is 0.997. The van der Waals surface area contributed by atoms with Crippen LogP contribution in [0.3, 0.4) is 0 Å². The first kappa shape index (κ1) is 9.48. The van der Waals surface area contributed by atoms with E-state index in [4.69, 9.17) is 0 Å². The summed E-state index contributed by atoms with van der Waals surface area (Å²) in [6.45, 7) is 6.45. The second-order valence-corrected chi connectivity index (χ2v) is 2.55. The lowest BCUT2D eigenvalue weighted by atomic mass is 10.2. The van der Waals surface area contributed by atoms with Gasteiger partial charge in [0, 0.05) is 0 Å². The SMILES string of the molecule is C/C=C/CC/C=C(\C)CC. The highest BCUT2D eigenvalue weighted by molar-refractivity contribution is 4.97. The zero-order chi connectivity index (χ0) is 7.82. The molecule has 58 valence electrons. The van der Waals surface area contributed by atoms with Gasteiger partial charge < -0.3 is 0 Å². The third-order valence-electron chi connectivity index (χ3n) is 1.62. The van der Waals surface area contributed by atoms with Crippen molar-refractivity contribution in [1.29, 1.82) is 0 Å². The van der Waals surface area contributed by atoms with Crippen molar-refractivity contribution >= 4 is 0 Å². The first-order valence-corrected chi connectivity index (χ1v) is 4.08. The molecular weight excluding hydrogens is 120 g/mol. The van der Waals surface area contributed by atoms with Gasteiger partial charge in [-0.25, -0.2) is 0 Å². The van der Waals surface area contributed by atoms with E-state index in [0.717, 1.165) is 0 Å². The van der Waals surface area contributed by atoms with E-state index in [-0.39, 0.29) is 0 Å². The molecule has 10 heavy (non-hydrogen) atoms. The summed E-state index contributed by atoms with van der Waals surface area (Å²) < 4.78 is 0. The fraction of sp³-hybridized carbons (Fsp3) is 0.600. The van der Waals surface area contributed by atoms with Crippen LogP contribution in [0, 0.1) is 0 Å². The molecule has 0 fully saturated rings. The van der Waals surface area contributed by atoms with Crippen LogP contribution in [0.5, 0.6) is 0 Å². The molecule has 0 nitrogen and oxygen atoms in total. The van der Waals surface area contributed by atoms with E-state index in [1.807, 2.05) is 0 Å². The van der Waals surface area contributed by atoms with Crippen molar-refractivity contribution in [2.75, 3.05) is 0 Å². The van der Waals surface area contributed by atoms with E-state index in [9.17, 15) is 0 Å². The fourth-order valence-corrected chi connectivity index (χ4v) is 0.737. The van der Waals surface area contributed by atoms with Gasteiger partial charge in [0.2, 0.25) is 0 Å². The molecule has 0 rings (SSSR count). The van der Waals surface area contributed by atoms with E-state index in [1.165, 1.54) is 24.8 Å². The lowest BCUT2D eigenvalue weighted by Crippen LogP contribution is -1.71.